The molecule has 0 bridgehead atoms. The van der Waals surface area contributed by atoms with Gasteiger partial charge in [-0.2, -0.15) is 0 Å². The van der Waals surface area contributed by atoms with Crippen molar-refractivity contribution in [3.05, 3.63) is 12.7 Å². The monoisotopic (exact) mass is 160 g/mol. The Kier molecular flexibility index (Phi) is 4.33. The molecule has 0 aliphatic rings. The maximum atomic E-state index is 9.46. The minimum absolute atomic E-state index is 0.413. The lowest BCUT2D eigenvalue weighted by Gasteiger charge is -2.27. The summed E-state index contributed by atoms with van der Waals surface area (Å²) in [6, 6.07) is 0. The zero-order chi connectivity index (χ0) is 8.91. The van der Waals surface area contributed by atoms with Gasteiger partial charge in [-0.1, -0.05) is 6.08 Å². The van der Waals surface area contributed by atoms with Crippen LogP contribution in [-0.4, -0.2) is 33.6 Å². The molecule has 0 rings (SSSR count). The number of hydrogen-bond acceptors (Lipinski definition) is 3. The zero-order valence-corrected chi connectivity index (χ0v) is 6.82. The quantitative estimate of drug-likeness (QED) is 0.498. The third kappa shape index (κ3) is 3.51. The molecule has 0 heterocycles. The van der Waals surface area contributed by atoms with Crippen molar-refractivity contribution in [3.63, 3.8) is 0 Å². The first-order valence-corrected chi connectivity index (χ1v) is 3.67. The molecule has 2 atom stereocenters. The van der Waals surface area contributed by atoms with Crippen molar-refractivity contribution >= 4 is 0 Å². The van der Waals surface area contributed by atoms with E-state index in [2.05, 4.69) is 6.58 Å². The normalized spacial score (nSPS) is 18.9. The molecule has 0 aliphatic heterocycles. The summed E-state index contributed by atoms with van der Waals surface area (Å²) >= 11 is 0. The van der Waals surface area contributed by atoms with Crippen molar-refractivity contribution < 1.29 is 15.3 Å². The molecule has 0 saturated carbocycles. The summed E-state index contributed by atoms with van der Waals surface area (Å²) in [5, 5.41) is 27.1. The van der Waals surface area contributed by atoms with E-state index in [0.29, 0.717) is 12.8 Å². The van der Waals surface area contributed by atoms with E-state index in [1.165, 1.54) is 6.92 Å². The van der Waals surface area contributed by atoms with Crippen LogP contribution in [0.1, 0.15) is 19.8 Å². The predicted molar refractivity (Wildman–Crippen MR) is 43.1 cm³/mol. The first kappa shape index (κ1) is 10.6. The average molecular weight is 160 g/mol. The van der Waals surface area contributed by atoms with Crippen molar-refractivity contribution in [1.82, 2.24) is 0 Å². The maximum absolute atomic E-state index is 9.46. The van der Waals surface area contributed by atoms with Gasteiger partial charge in [0, 0.05) is 0 Å². The van der Waals surface area contributed by atoms with Gasteiger partial charge in [0.05, 0.1) is 12.2 Å². The SMILES string of the molecule is C=CCC[C@](C)(O)[C@H](O)CO. The van der Waals surface area contributed by atoms with E-state index in [-0.39, 0.29) is 0 Å². The van der Waals surface area contributed by atoms with Crippen LogP contribution >= 0.6 is 0 Å². The highest BCUT2D eigenvalue weighted by Gasteiger charge is 2.28. The van der Waals surface area contributed by atoms with Gasteiger partial charge in [0.2, 0.25) is 0 Å². The summed E-state index contributed by atoms with van der Waals surface area (Å²) in [5.41, 5.74) is -1.21. The molecule has 0 aromatic heterocycles. The summed E-state index contributed by atoms with van der Waals surface area (Å²) < 4.78 is 0. The summed E-state index contributed by atoms with van der Waals surface area (Å²) in [5.74, 6) is 0. The van der Waals surface area contributed by atoms with Gasteiger partial charge in [-0.15, -0.1) is 6.58 Å². The van der Waals surface area contributed by atoms with Crippen LogP contribution in [0.25, 0.3) is 0 Å². The molecule has 0 fully saturated rings. The molecule has 0 spiro atoms. The molecular formula is C8H16O3. The lowest BCUT2D eigenvalue weighted by molar-refractivity contribution is -0.0866. The van der Waals surface area contributed by atoms with Crippen LogP contribution in [0, 0.1) is 0 Å². The largest absolute Gasteiger partial charge is 0.394 e. The molecule has 0 saturated heterocycles. The fourth-order valence-electron chi connectivity index (χ4n) is 0.758. The van der Waals surface area contributed by atoms with Gasteiger partial charge in [0.15, 0.2) is 0 Å². The van der Waals surface area contributed by atoms with Gasteiger partial charge in [-0.05, 0) is 19.8 Å². The Morgan fingerprint density at radius 2 is 2.18 bits per heavy atom. The standard InChI is InChI=1S/C8H16O3/c1-3-4-5-8(2,11)7(10)6-9/h3,7,9-11H,1,4-6H2,2H3/t7-,8+/m1/s1. The Morgan fingerprint density at radius 3 is 2.55 bits per heavy atom. The Hall–Kier alpha value is -0.380. The molecule has 0 amide bonds. The molecule has 0 aromatic rings. The maximum Gasteiger partial charge on any atom is 0.105 e. The minimum Gasteiger partial charge on any atom is -0.394 e. The van der Waals surface area contributed by atoms with Gasteiger partial charge >= 0.3 is 0 Å². The molecule has 0 aliphatic carbocycles. The molecule has 3 N–H and O–H groups in total. The molecule has 0 radical (unpaired) electrons. The second-order valence-electron chi connectivity index (χ2n) is 2.88. The van der Waals surface area contributed by atoms with Gasteiger partial charge in [0.1, 0.15) is 6.10 Å². The molecule has 3 nitrogen and oxygen atoms in total. The molecule has 0 aromatic carbocycles. The van der Waals surface area contributed by atoms with Crippen molar-refractivity contribution in [1.29, 1.82) is 0 Å². The van der Waals surface area contributed by atoms with Crippen LogP contribution in [0.4, 0.5) is 0 Å². The predicted octanol–water partition coefficient (Wildman–Crippen LogP) is 0.0568. The fourth-order valence-corrected chi connectivity index (χ4v) is 0.758. The fraction of sp³-hybridized carbons (Fsp3) is 0.750. The smallest absolute Gasteiger partial charge is 0.105 e. The van der Waals surface area contributed by atoms with Gasteiger partial charge in [-0.3, -0.25) is 0 Å². The molecular weight excluding hydrogens is 144 g/mol. The minimum atomic E-state index is -1.21. The van der Waals surface area contributed by atoms with E-state index in [4.69, 9.17) is 10.2 Å². The van der Waals surface area contributed by atoms with Crippen molar-refractivity contribution in [3.8, 4) is 0 Å². The van der Waals surface area contributed by atoms with Crippen LogP contribution in [-0.2, 0) is 0 Å². The first-order chi connectivity index (χ1) is 5.04. The number of hydrogen-bond donors (Lipinski definition) is 3. The van der Waals surface area contributed by atoms with Crippen LogP contribution < -0.4 is 0 Å². The molecule has 66 valence electrons. The van der Waals surface area contributed by atoms with E-state index in [9.17, 15) is 5.11 Å². The first-order valence-electron chi connectivity index (χ1n) is 3.67. The van der Waals surface area contributed by atoms with E-state index in [0.717, 1.165) is 0 Å². The topological polar surface area (TPSA) is 60.7 Å². The van der Waals surface area contributed by atoms with Crippen molar-refractivity contribution in [2.24, 2.45) is 0 Å². The highest BCUT2D eigenvalue weighted by molar-refractivity contribution is 4.84. The lowest BCUT2D eigenvalue weighted by Crippen LogP contribution is -2.41. The van der Waals surface area contributed by atoms with Crippen LogP contribution in [0.2, 0.25) is 0 Å². The highest BCUT2D eigenvalue weighted by atomic mass is 16.4. The van der Waals surface area contributed by atoms with E-state index in [1.54, 1.807) is 6.08 Å². The number of rotatable bonds is 5. The molecule has 0 unspecified atom stereocenters. The second-order valence-corrected chi connectivity index (χ2v) is 2.88. The van der Waals surface area contributed by atoms with Crippen LogP contribution in [0.15, 0.2) is 12.7 Å². The molecule has 11 heavy (non-hydrogen) atoms. The lowest BCUT2D eigenvalue weighted by atomic mass is 9.94. The average Bonchev–Trinajstić information content (AvgIpc) is 1.99. The third-order valence-electron chi connectivity index (χ3n) is 1.75. The molecule has 3 heteroatoms. The van der Waals surface area contributed by atoms with E-state index in [1.807, 2.05) is 0 Å². The number of aliphatic hydroxyl groups is 3. The second kappa shape index (κ2) is 4.49. The highest BCUT2D eigenvalue weighted by Crippen LogP contribution is 2.16. The van der Waals surface area contributed by atoms with E-state index >= 15 is 0 Å². The Bertz CT molecular complexity index is 121. The Morgan fingerprint density at radius 1 is 1.64 bits per heavy atom. The summed E-state index contributed by atoms with van der Waals surface area (Å²) in [6.45, 7) is 4.58. The van der Waals surface area contributed by atoms with Crippen molar-refractivity contribution in [2.45, 2.75) is 31.5 Å². The van der Waals surface area contributed by atoms with Crippen molar-refractivity contribution in [2.75, 3.05) is 6.61 Å². The van der Waals surface area contributed by atoms with Crippen LogP contribution in [0.3, 0.4) is 0 Å². The number of aliphatic hydroxyl groups excluding tert-OH is 2. The van der Waals surface area contributed by atoms with E-state index < -0.39 is 18.3 Å². The van der Waals surface area contributed by atoms with Gasteiger partial charge in [-0.25, -0.2) is 0 Å². The third-order valence-corrected chi connectivity index (χ3v) is 1.75. The summed E-state index contributed by atoms with van der Waals surface area (Å²) in [6.07, 6.45) is 1.64. The van der Waals surface area contributed by atoms with Crippen LogP contribution in [0.5, 0.6) is 0 Å². The zero-order valence-electron chi connectivity index (χ0n) is 6.82. The van der Waals surface area contributed by atoms with Gasteiger partial charge in [0.25, 0.3) is 0 Å². The summed E-state index contributed by atoms with van der Waals surface area (Å²) in [4.78, 5) is 0. The van der Waals surface area contributed by atoms with Gasteiger partial charge < -0.3 is 15.3 Å². The summed E-state index contributed by atoms with van der Waals surface area (Å²) in [7, 11) is 0. The number of allylic oxidation sites excluding steroid dienone is 1. The Balaban J connectivity index is 3.86. The Labute approximate surface area is 67.0 Å².